The van der Waals surface area contributed by atoms with Gasteiger partial charge in [0.1, 0.15) is 29.9 Å². The summed E-state index contributed by atoms with van der Waals surface area (Å²) in [7, 11) is 0. The lowest BCUT2D eigenvalue weighted by Gasteiger charge is -2.46. The van der Waals surface area contributed by atoms with Crippen LogP contribution in [0.15, 0.2) is 158 Å². The number of nitro groups is 1. The van der Waals surface area contributed by atoms with Gasteiger partial charge in [-0.05, 0) is 70.3 Å². The van der Waals surface area contributed by atoms with Gasteiger partial charge in [0.25, 0.3) is 5.69 Å². The number of phenolic OH excluding ortho intramolecular Hbond substituents is 1. The minimum Gasteiger partial charge on any atom is -0.508 e. The number of hydrogen-bond acceptors (Lipinski definition) is 12. The molecule has 3 aliphatic rings. The van der Waals surface area contributed by atoms with Crippen LogP contribution in [0.5, 0.6) is 5.75 Å². The Morgan fingerprint density at radius 1 is 0.794 bits per heavy atom. The van der Waals surface area contributed by atoms with Gasteiger partial charge in [-0.2, -0.15) is 0 Å². The largest absolute Gasteiger partial charge is 0.508 e. The number of thiazole rings is 1. The number of imide groups is 1. The van der Waals surface area contributed by atoms with E-state index in [0.717, 1.165) is 15.2 Å². The van der Waals surface area contributed by atoms with Gasteiger partial charge in [0.15, 0.2) is 5.13 Å². The quantitative estimate of drug-likeness (QED) is 0.0849. The van der Waals surface area contributed by atoms with Gasteiger partial charge in [-0.3, -0.25) is 29.4 Å². The van der Waals surface area contributed by atoms with E-state index in [-0.39, 0.29) is 34.4 Å². The molecule has 1 spiro atoms. The molecule has 6 aromatic carbocycles. The topological polar surface area (TPSA) is 182 Å². The van der Waals surface area contributed by atoms with Crippen molar-refractivity contribution in [1.29, 1.82) is 0 Å². The molecule has 0 bridgehead atoms. The Hall–Kier alpha value is -7.75. The number of morpholine rings is 1. The number of para-hydroxylation sites is 2. The van der Waals surface area contributed by atoms with Crippen LogP contribution in [0, 0.1) is 16.0 Å². The number of esters is 1. The predicted octanol–water partition coefficient (Wildman–Crippen LogP) is 8.55. The monoisotopic (exact) mass is 857 g/mol. The van der Waals surface area contributed by atoms with Crippen molar-refractivity contribution >= 4 is 61.9 Å². The van der Waals surface area contributed by atoms with Crippen molar-refractivity contribution in [3.8, 4) is 5.75 Å². The number of anilines is 2. The normalized spacial score (nSPS) is 22.7. The Morgan fingerprint density at radius 3 is 2.14 bits per heavy atom. The van der Waals surface area contributed by atoms with Crippen molar-refractivity contribution in [2.24, 2.45) is 5.92 Å². The Kier molecular flexibility index (Phi) is 9.76. The maximum absolute atomic E-state index is 16.1. The summed E-state index contributed by atoms with van der Waals surface area (Å²) in [6, 6.07) is 40.9. The van der Waals surface area contributed by atoms with Gasteiger partial charge in [0.05, 0.1) is 38.8 Å². The molecular formula is C48H35N5O9S. The third-order valence-electron chi connectivity index (χ3n) is 12.1. The lowest BCUT2D eigenvalue weighted by Crippen LogP contribution is -2.54. The summed E-state index contributed by atoms with van der Waals surface area (Å²) in [6.45, 7) is -0.339. The molecule has 15 heteroatoms. The summed E-state index contributed by atoms with van der Waals surface area (Å²) in [5.41, 5.74) is 1.20. The molecule has 14 nitrogen and oxygen atoms in total. The molecule has 10 rings (SSSR count). The van der Waals surface area contributed by atoms with Gasteiger partial charge in [-0.15, -0.1) is 0 Å². The van der Waals surface area contributed by atoms with E-state index < -0.39 is 64.4 Å². The van der Waals surface area contributed by atoms with Gasteiger partial charge < -0.3 is 19.9 Å². The first kappa shape index (κ1) is 39.4. The number of ether oxygens (including phenoxy) is 2. The number of benzene rings is 6. The first-order chi connectivity index (χ1) is 30.6. The fraction of sp³-hybridized carbons (Fsp3) is 0.146. The average molecular weight is 858 g/mol. The number of rotatable bonds is 8. The van der Waals surface area contributed by atoms with Crippen molar-refractivity contribution in [3.05, 3.63) is 196 Å². The van der Waals surface area contributed by atoms with Crippen LogP contribution < -0.4 is 10.2 Å². The van der Waals surface area contributed by atoms with E-state index >= 15 is 14.4 Å². The number of aromatic hydroxyl groups is 1. The van der Waals surface area contributed by atoms with Crippen molar-refractivity contribution in [3.63, 3.8) is 0 Å². The summed E-state index contributed by atoms with van der Waals surface area (Å²) in [5, 5.41) is 25.1. The van der Waals surface area contributed by atoms with E-state index in [1.807, 2.05) is 89.8 Å². The van der Waals surface area contributed by atoms with Crippen LogP contribution >= 0.6 is 11.3 Å². The molecule has 7 aromatic rings. The van der Waals surface area contributed by atoms with E-state index in [1.54, 1.807) is 36.4 Å². The Morgan fingerprint density at radius 2 is 1.44 bits per heavy atom. The standard InChI is InChI=1S/C48H35N5O9S/c54-33-25-21-31(22-26-33)42-48(34-15-7-9-17-36(34)51(45(48)57)47(58)61-27-28-19-23-32(24-20-28)53(59)60)38(43(55)50-46-49-35-16-8-10-18-37(35)63-46)40-44(56)62-41(30-13-5-2-6-14-30)39(52(40)42)29-11-3-1-4-12-29/h1-26,38-42,54H,27H2,(H,49,50,55)/t38-,39-,40-,41+,42+,48-/m0/s1. The van der Waals surface area contributed by atoms with Gasteiger partial charge in [-0.25, -0.2) is 14.7 Å². The second-order valence-corrected chi connectivity index (χ2v) is 16.5. The van der Waals surface area contributed by atoms with Gasteiger partial charge in [-0.1, -0.05) is 114 Å². The molecular weight excluding hydrogens is 823 g/mol. The highest BCUT2D eigenvalue weighted by Crippen LogP contribution is 2.66. The summed E-state index contributed by atoms with van der Waals surface area (Å²) >= 11 is 1.23. The zero-order valence-electron chi connectivity index (χ0n) is 33.0. The number of cyclic esters (lactones) is 1. The van der Waals surface area contributed by atoms with Crippen molar-refractivity contribution in [2.75, 3.05) is 10.2 Å². The number of nitrogens with zero attached hydrogens (tertiary/aromatic N) is 4. The number of nitrogens with one attached hydrogen (secondary N) is 1. The predicted molar refractivity (Wildman–Crippen MR) is 232 cm³/mol. The number of phenols is 1. The van der Waals surface area contributed by atoms with E-state index in [4.69, 9.17) is 9.47 Å². The van der Waals surface area contributed by atoms with Crippen molar-refractivity contribution < 1.29 is 38.7 Å². The summed E-state index contributed by atoms with van der Waals surface area (Å²) in [6.07, 6.45) is -1.98. The lowest BCUT2D eigenvalue weighted by atomic mass is 9.65. The molecule has 0 unspecified atom stereocenters. The molecule has 0 aliphatic carbocycles. The maximum Gasteiger partial charge on any atom is 0.421 e. The molecule has 1 aromatic heterocycles. The van der Waals surface area contributed by atoms with E-state index in [9.17, 15) is 20.0 Å². The Bertz CT molecular complexity index is 2900. The number of carbonyl (C=O) groups is 4. The van der Waals surface area contributed by atoms with Crippen LogP contribution in [0.1, 0.15) is 46.0 Å². The minimum absolute atomic E-state index is 0.0538. The summed E-state index contributed by atoms with van der Waals surface area (Å²) in [5.74, 6) is -3.91. The highest BCUT2D eigenvalue weighted by Gasteiger charge is 2.75. The Labute approximate surface area is 363 Å². The van der Waals surface area contributed by atoms with Gasteiger partial charge >= 0.3 is 12.1 Å². The SMILES string of the molecule is O=C1O[C@H](c2ccccc2)[C@H](c2ccccc2)N2[C@H]1[C@@H](C(=O)Nc1nc3ccccc3s1)[C@]1(C(=O)N(C(=O)OCc3ccc([N+](=O)[O-])cc3)c3ccccc31)[C@H]2c1ccc(O)cc1. The van der Waals surface area contributed by atoms with Crippen molar-refractivity contribution in [2.45, 2.75) is 36.3 Å². The molecule has 4 heterocycles. The molecule has 63 heavy (non-hydrogen) atoms. The molecule has 3 amide bonds. The third kappa shape index (κ3) is 6.47. The van der Waals surface area contributed by atoms with Crippen LogP contribution in [0.2, 0.25) is 0 Å². The van der Waals surface area contributed by atoms with Crippen LogP contribution in [0.4, 0.5) is 21.3 Å². The second kappa shape index (κ2) is 15.6. The van der Waals surface area contributed by atoms with Gasteiger partial charge in [0, 0.05) is 12.1 Å². The maximum atomic E-state index is 16.1. The average Bonchev–Trinajstić information content (AvgIpc) is 3.95. The highest BCUT2D eigenvalue weighted by molar-refractivity contribution is 7.22. The molecule has 2 fully saturated rings. The zero-order chi connectivity index (χ0) is 43.4. The number of non-ortho nitro benzene ring substituents is 1. The van der Waals surface area contributed by atoms with Gasteiger partial charge in [0.2, 0.25) is 11.8 Å². The van der Waals surface area contributed by atoms with Crippen LogP contribution in [-0.2, 0) is 35.9 Å². The van der Waals surface area contributed by atoms with Crippen LogP contribution in [-0.4, -0.2) is 49.8 Å². The second-order valence-electron chi connectivity index (χ2n) is 15.5. The number of nitro benzene ring substituents is 1. The fourth-order valence-electron chi connectivity index (χ4n) is 9.53. The van der Waals surface area contributed by atoms with Crippen LogP contribution in [0.25, 0.3) is 10.2 Å². The van der Waals surface area contributed by atoms with Crippen LogP contribution in [0.3, 0.4) is 0 Å². The fourth-order valence-corrected chi connectivity index (χ4v) is 10.4. The first-order valence-electron chi connectivity index (χ1n) is 20.0. The molecule has 3 aliphatic heterocycles. The molecule has 2 saturated heterocycles. The van der Waals surface area contributed by atoms with E-state index in [2.05, 4.69) is 10.3 Å². The van der Waals surface area contributed by atoms with E-state index in [1.165, 1.54) is 47.7 Å². The molecule has 0 saturated carbocycles. The summed E-state index contributed by atoms with van der Waals surface area (Å²) in [4.78, 5) is 79.4. The number of hydrogen-bond donors (Lipinski definition) is 2. The zero-order valence-corrected chi connectivity index (χ0v) is 33.8. The minimum atomic E-state index is -2.02. The number of aromatic nitrogens is 1. The lowest BCUT2D eigenvalue weighted by molar-refractivity contribution is -0.384. The number of amides is 3. The highest BCUT2D eigenvalue weighted by atomic mass is 32.1. The smallest absolute Gasteiger partial charge is 0.421 e. The van der Waals surface area contributed by atoms with Crippen molar-refractivity contribution in [1.82, 2.24) is 9.88 Å². The third-order valence-corrected chi connectivity index (χ3v) is 13.0. The molecule has 6 atom stereocenters. The Balaban J connectivity index is 1.19. The first-order valence-corrected chi connectivity index (χ1v) is 20.8. The molecule has 0 radical (unpaired) electrons. The summed E-state index contributed by atoms with van der Waals surface area (Å²) < 4.78 is 13.1. The number of carbonyl (C=O) groups excluding carboxylic acids is 4. The molecule has 312 valence electrons. The van der Waals surface area contributed by atoms with E-state index in [0.29, 0.717) is 22.2 Å². The molecule has 2 N–H and O–H groups in total. The number of fused-ring (bicyclic) bond motifs is 4.